The van der Waals surface area contributed by atoms with Crippen LogP contribution in [0.25, 0.3) is 0 Å². The van der Waals surface area contributed by atoms with Crippen molar-refractivity contribution >= 4 is 11.9 Å². The number of nitrogens with zero attached hydrogens (tertiary/aromatic N) is 1. The summed E-state index contributed by atoms with van der Waals surface area (Å²) in [5.41, 5.74) is 6.72. The standard InChI is InChI=1S/C12H18N2O3/c1-5-6-8-9(13)11(15)14(8)10(7(2)3)12(16)17-4/h5,8-9H,1,6,13H2,2-4H3/t8-,9-/m1/s1. The van der Waals surface area contributed by atoms with E-state index < -0.39 is 12.0 Å². The Bertz CT molecular complexity index is 383. The van der Waals surface area contributed by atoms with Gasteiger partial charge in [0.05, 0.1) is 13.2 Å². The van der Waals surface area contributed by atoms with E-state index in [2.05, 4.69) is 11.3 Å². The maximum Gasteiger partial charge on any atom is 0.354 e. The molecule has 0 aliphatic carbocycles. The molecule has 0 spiro atoms. The predicted molar refractivity (Wildman–Crippen MR) is 63.8 cm³/mol. The Morgan fingerprint density at radius 2 is 2.18 bits per heavy atom. The molecule has 0 unspecified atom stereocenters. The van der Waals surface area contributed by atoms with E-state index in [1.165, 1.54) is 12.0 Å². The summed E-state index contributed by atoms with van der Waals surface area (Å²) in [6.45, 7) is 7.14. The minimum absolute atomic E-state index is 0.205. The third-order valence-corrected chi connectivity index (χ3v) is 2.77. The van der Waals surface area contributed by atoms with Gasteiger partial charge in [-0.3, -0.25) is 9.69 Å². The Balaban J connectivity index is 3.04. The Morgan fingerprint density at radius 1 is 1.59 bits per heavy atom. The summed E-state index contributed by atoms with van der Waals surface area (Å²) in [7, 11) is 1.29. The monoisotopic (exact) mass is 238 g/mol. The molecule has 0 aromatic rings. The van der Waals surface area contributed by atoms with E-state index in [0.29, 0.717) is 6.42 Å². The van der Waals surface area contributed by atoms with Crippen LogP contribution in [0.3, 0.4) is 0 Å². The number of nitrogens with two attached hydrogens (primary N) is 1. The molecular formula is C12H18N2O3. The van der Waals surface area contributed by atoms with E-state index in [4.69, 9.17) is 5.73 Å². The number of amides is 1. The van der Waals surface area contributed by atoms with E-state index >= 15 is 0 Å². The van der Waals surface area contributed by atoms with Crippen molar-refractivity contribution in [2.24, 2.45) is 5.73 Å². The van der Waals surface area contributed by atoms with Crippen LogP contribution >= 0.6 is 0 Å². The van der Waals surface area contributed by atoms with Crippen LogP contribution in [-0.4, -0.2) is 36.0 Å². The van der Waals surface area contributed by atoms with Gasteiger partial charge in [-0.2, -0.15) is 0 Å². The van der Waals surface area contributed by atoms with Gasteiger partial charge in [0, 0.05) is 0 Å². The molecule has 0 bridgehead atoms. The molecule has 17 heavy (non-hydrogen) atoms. The van der Waals surface area contributed by atoms with E-state index in [0.717, 1.165) is 5.57 Å². The Kier molecular flexibility index (Phi) is 4.07. The topological polar surface area (TPSA) is 72.6 Å². The second kappa shape index (κ2) is 5.14. The Labute approximate surface area is 101 Å². The number of methoxy groups -OCH3 is 1. The van der Waals surface area contributed by atoms with Crippen molar-refractivity contribution in [3.63, 3.8) is 0 Å². The fourth-order valence-electron chi connectivity index (χ4n) is 1.91. The molecule has 1 fully saturated rings. The van der Waals surface area contributed by atoms with Crippen LogP contribution in [0.1, 0.15) is 20.3 Å². The van der Waals surface area contributed by atoms with Crippen molar-refractivity contribution in [3.8, 4) is 0 Å². The summed E-state index contributed by atoms with van der Waals surface area (Å²) in [5.74, 6) is -0.766. The molecule has 5 heteroatoms. The first kappa shape index (κ1) is 13.4. The zero-order valence-corrected chi connectivity index (χ0v) is 10.4. The molecular weight excluding hydrogens is 220 g/mol. The maximum absolute atomic E-state index is 11.7. The maximum atomic E-state index is 11.7. The van der Waals surface area contributed by atoms with Gasteiger partial charge in [0.1, 0.15) is 11.7 Å². The fourth-order valence-corrected chi connectivity index (χ4v) is 1.91. The highest BCUT2D eigenvalue weighted by molar-refractivity contribution is 6.00. The highest BCUT2D eigenvalue weighted by atomic mass is 16.5. The van der Waals surface area contributed by atoms with Gasteiger partial charge >= 0.3 is 5.97 Å². The molecule has 1 aliphatic heterocycles. The van der Waals surface area contributed by atoms with Crippen LogP contribution < -0.4 is 5.73 Å². The summed E-state index contributed by atoms with van der Waals surface area (Å²) in [4.78, 5) is 24.8. The minimum Gasteiger partial charge on any atom is -0.464 e. The number of hydrogen-bond donors (Lipinski definition) is 1. The van der Waals surface area contributed by atoms with Crippen LogP contribution in [0.2, 0.25) is 0 Å². The molecule has 1 aliphatic rings. The number of rotatable bonds is 4. The van der Waals surface area contributed by atoms with Gasteiger partial charge in [0.2, 0.25) is 5.91 Å². The molecule has 5 nitrogen and oxygen atoms in total. The largest absolute Gasteiger partial charge is 0.464 e. The van der Waals surface area contributed by atoms with Crippen LogP contribution in [0.4, 0.5) is 0 Å². The Hall–Kier alpha value is -1.62. The molecule has 0 aromatic heterocycles. The van der Waals surface area contributed by atoms with Crippen molar-refractivity contribution in [1.29, 1.82) is 0 Å². The smallest absolute Gasteiger partial charge is 0.354 e. The van der Waals surface area contributed by atoms with Crippen LogP contribution in [-0.2, 0) is 14.3 Å². The molecule has 2 atom stereocenters. The van der Waals surface area contributed by atoms with E-state index in [-0.39, 0.29) is 17.6 Å². The predicted octanol–water partition coefficient (Wildman–Crippen LogP) is 0.567. The lowest BCUT2D eigenvalue weighted by atomic mass is 9.91. The number of allylic oxidation sites excluding steroid dienone is 1. The second-order valence-corrected chi connectivity index (χ2v) is 4.17. The molecule has 1 rings (SSSR count). The summed E-state index contributed by atoms with van der Waals surface area (Å²) in [6, 6.07) is -0.768. The zero-order valence-electron chi connectivity index (χ0n) is 10.4. The highest BCUT2D eigenvalue weighted by Gasteiger charge is 2.47. The normalized spacial score (nSPS) is 22.8. The van der Waals surface area contributed by atoms with Crippen molar-refractivity contribution in [2.75, 3.05) is 7.11 Å². The summed E-state index contributed by atoms with van der Waals surface area (Å²) in [5, 5.41) is 0. The molecule has 2 N–H and O–H groups in total. The molecule has 0 saturated carbocycles. The fraction of sp³-hybridized carbons (Fsp3) is 0.500. The molecule has 0 radical (unpaired) electrons. The minimum atomic E-state index is -0.563. The average molecular weight is 238 g/mol. The van der Waals surface area contributed by atoms with Gasteiger partial charge in [0.25, 0.3) is 0 Å². The van der Waals surface area contributed by atoms with Gasteiger partial charge in [-0.05, 0) is 25.8 Å². The summed E-state index contributed by atoms with van der Waals surface area (Å²) in [6.07, 6.45) is 2.24. The van der Waals surface area contributed by atoms with Gasteiger partial charge in [0.15, 0.2) is 0 Å². The number of carbonyl (C=O) groups excluding carboxylic acids is 2. The average Bonchev–Trinajstić information content (AvgIpc) is 2.31. The van der Waals surface area contributed by atoms with Crippen LogP contribution in [0, 0.1) is 0 Å². The van der Waals surface area contributed by atoms with E-state index in [9.17, 15) is 9.59 Å². The molecule has 1 saturated heterocycles. The zero-order chi connectivity index (χ0) is 13.2. The second-order valence-electron chi connectivity index (χ2n) is 4.17. The third-order valence-electron chi connectivity index (χ3n) is 2.77. The van der Waals surface area contributed by atoms with Crippen molar-refractivity contribution in [1.82, 2.24) is 4.90 Å². The van der Waals surface area contributed by atoms with Crippen LogP contribution in [0.5, 0.6) is 0 Å². The number of ether oxygens (including phenoxy) is 1. The van der Waals surface area contributed by atoms with Gasteiger partial charge in [-0.15, -0.1) is 6.58 Å². The number of esters is 1. The lowest BCUT2D eigenvalue weighted by Crippen LogP contribution is -2.68. The number of likely N-dealkylation sites (tertiary alicyclic amines) is 1. The van der Waals surface area contributed by atoms with Crippen molar-refractivity contribution in [3.05, 3.63) is 23.9 Å². The molecule has 1 amide bonds. The Morgan fingerprint density at radius 3 is 2.59 bits per heavy atom. The first-order valence-electron chi connectivity index (χ1n) is 5.41. The van der Waals surface area contributed by atoms with Crippen molar-refractivity contribution < 1.29 is 14.3 Å². The number of hydrogen-bond acceptors (Lipinski definition) is 4. The first-order chi connectivity index (χ1) is 7.95. The third kappa shape index (κ3) is 2.24. The van der Waals surface area contributed by atoms with E-state index in [1.54, 1.807) is 19.9 Å². The molecule has 0 aromatic carbocycles. The number of β-lactam (4-membered cyclic amide) rings is 1. The first-order valence-corrected chi connectivity index (χ1v) is 5.41. The highest BCUT2D eigenvalue weighted by Crippen LogP contribution is 2.29. The molecule has 94 valence electrons. The van der Waals surface area contributed by atoms with Gasteiger partial charge < -0.3 is 10.5 Å². The van der Waals surface area contributed by atoms with E-state index in [1.807, 2.05) is 0 Å². The number of carbonyl (C=O) groups is 2. The SMILES string of the molecule is C=CC[C@@H]1[C@@H](N)C(=O)N1C(C(=O)OC)=C(C)C. The molecule has 1 heterocycles. The van der Waals surface area contributed by atoms with Gasteiger partial charge in [-0.1, -0.05) is 6.08 Å². The lowest BCUT2D eigenvalue weighted by molar-refractivity contribution is -0.152. The lowest BCUT2D eigenvalue weighted by Gasteiger charge is -2.45. The van der Waals surface area contributed by atoms with Crippen molar-refractivity contribution in [2.45, 2.75) is 32.4 Å². The van der Waals surface area contributed by atoms with Crippen LogP contribution in [0.15, 0.2) is 23.9 Å². The summed E-state index contributed by atoms with van der Waals surface area (Å²) < 4.78 is 4.68. The van der Waals surface area contributed by atoms with Gasteiger partial charge in [-0.25, -0.2) is 4.79 Å². The summed E-state index contributed by atoms with van der Waals surface area (Å²) >= 11 is 0. The quantitative estimate of drug-likeness (QED) is 0.336.